The van der Waals surface area contributed by atoms with Crippen LogP contribution >= 0.6 is 0 Å². The van der Waals surface area contributed by atoms with Gasteiger partial charge in [-0.05, 0) is 24.3 Å². The Bertz CT molecular complexity index is 888. The van der Waals surface area contributed by atoms with Crippen LogP contribution in [0.2, 0.25) is 0 Å². The first-order valence-electron chi connectivity index (χ1n) is 6.28. The predicted molar refractivity (Wildman–Crippen MR) is 84.4 cm³/mol. The van der Waals surface area contributed by atoms with Crippen molar-refractivity contribution in [2.24, 2.45) is 0 Å². The third kappa shape index (κ3) is 2.76. The van der Waals surface area contributed by atoms with Crippen molar-refractivity contribution in [2.75, 3.05) is 4.72 Å². The van der Waals surface area contributed by atoms with Crippen molar-refractivity contribution in [2.45, 2.75) is 4.90 Å². The predicted octanol–water partition coefficient (Wildman–Crippen LogP) is 1.83. The molecule has 0 fully saturated rings. The van der Waals surface area contributed by atoms with Crippen LogP contribution in [-0.2, 0) is 10.0 Å². The van der Waals surface area contributed by atoms with E-state index in [2.05, 4.69) is 9.71 Å². The second-order valence-corrected chi connectivity index (χ2v) is 6.24. The van der Waals surface area contributed by atoms with Crippen molar-refractivity contribution in [3.05, 3.63) is 60.8 Å². The van der Waals surface area contributed by atoms with Crippen molar-refractivity contribution >= 4 is 39.9 Å². The summed E-state index contributed by atoms with van der Waals surface area (Å²) in [5.41, 5.74) is 1.57. The zero-order chi connectivity index (χ0) is 14.9. The van der Waals surface area contributed by atoms with Gasteiger partial charge in [-0.25, -0.2) is 8.42 Å². The Labute approximate surface area is 124 Å². The molecule has 0 atom stereocenters. The van der Waals surface area contributed by atoms with E-state index in [1.54, 1.807) is 36.5 Å². The Morgan fingerprint density at radius 3 is 2.43 bits per heavy atom. The molecule has 0 aliphatic heterocycles. The van der Waals surface area contributed by atoms with E-state index in [1.165, 1.54) is 12.1 Å². The summed E-state index contributed by atoms with van der Waals surface area (Å²) in [5, 5.41) is 0.870. The summed E-state index contributed by atoms with van der Waals surface area (Å²) >= 11 is 0. The topological polar surface area (TPSA) is 59.1 Å². The van der Waals surface area contributed by atoms with Gasteiger partial charge in [-0.1, -0.05) is 35.8 Å². The normalized spacial score (nSPS) is 11.4. The van der Waals surface area contributed by atoms with Crippen molar-refractivity contribution in [1.82, 2.24) is 4.98 Å². The minimum Gasteiger partial charge on any atom is -0.277 e. The maximum absolute atomic E-state index is 12.4. The number of nitrogens with zero attached hydrogens (tertiary/aromatic N) is 1. The van der Waals surface area contributed by atoms with Gasteiger partial charge in [0.15, 0.2) is 0 Å². The Balaban J connectivity index is 2.03. The van der Waals surface area contributed by atoms with Crippen LogP contribution < -0.4 is 10.2 Å². The number of aromatic nitrogens is 1. The van der Waals surface area contributed by atoms with Crippen LogP contribution in [0.5, 0.6) is 0 Å². The van der Waals surface area contributed by atoms with Gasteiger partial charge in [0.1, 0.15) is 7.85 Å². The number of rotatable bonds is 3. The first kappa shape index (κ1) is 13.6. The van der Waals surface area contributed by atoms with Gasteiger partial charge in [0, 0.05) is 11.6 Å². The number of benzene rings is 2. The van der Waals surface area contributed by atoms with Gasteiger partial charge >= 0.3 is 0 Å². The third-order valence-electron chi connectivity index (χ3n) is 3.07. The van der Waals surface area contributed by atoms with Crippen LogP contribution in [0.1, 0.15) is 0 Å². The highest BCUT2D eigenvalue weighted by molar-refractivity contribution is 7.92. The largest absolute Gasteiger partial charge is 0.277 e. The van der Waals surface area contributed by atoms with Crippen molar-refractivity contribution in [3.63, 3.8) is 0 Å². The summed E-state index contributed by atoms with van der Waals surface area (Å²) in [6, 6.07) is 15.1. The van der Waals surface area contributed by atoms with Crippen LogP contribution in [0.3, 0.4) is 0 Å². The van der Waals surface area contributed by atoms with E-state index in [1.807, 2.05) is 12.1 Å². The van der Waals surface area contributed by atoms with Gasteiger partial charge in [0.05, 0.1) is 16.1 Å². The Hall–Kier alpha value is -2.34. The average molecular weight is 294 g/mol. The van der Waals surface area contributed by atoms with Crippen LogP contribution in [-0.4, -0.2) is 21.2 Å². The maximum Gasteiger partial charge on any atom is 0.261 e. The molecule has 1 aromatic heterocycles. The second kappa shape index (κ2) is 5.22. The standard InChI is InChI=1S/C15H11BN2O2S/c16-12-6-8-13(9-7-12)21(19,20)18-14-5-1-3-11-4-2-10-17-15(11)14/h1-10,18H. The van der Waals surface area contributed by atoms with Gasteiger partial charge in [-0.15, -0.1) is 0 Å². The summed E-state index contributed by atoms with van der Waals surface area (Å²) in [4.78, 5) is 4.38. The molecule has 3 rings (SSSR count). The maximum atomic E-state index is 12.4. The van der Waals surface area contributed by atoms with E-state index in [0.29, 0.717) is 16.7 Å². The average Bonchev–Trinajstić information content (AvgIpc) is 2.48. The number of hydrogen-bond acceptors (Lipinski definition) is 3. The Morgan fingerprint density at radius 1 is 0.952 bits per heavy atom. The first-order chi connectivity index (χ1) is 10.1. The number of nitrogens with one attached hydrogen (secondary N) is 1. The summed E-state index contributed by atoms with van der Waals surface area (Å²) in [7, 11) is 1.90. The van der Waals surface area contributed by atoms with Crippen molar-refractivity contribution in [3.8, 4) is 0 Å². The molecule has 1 N–H and O–H groups in total. The minimum atomic E-state index is -3.67. The summed E-state index contributed by atoms with van der Waals surface area (Å²) in [6.45, 7) is 0. The fourth-order valence-electron chi connectivity index (χ4n) is 2.04. The lowest BCUT2D eigenvalue weighted by Gasteiger charge is -2.10. The molecule has 2 radical (unpaired) electrons. The van der Waals surface area contributed by atoms with Gasteiger partial charge in [-0.3, -0.25) is 9.71 Å². The van der Waals surface area contributed by atoms with Crippen molar-refractivity contribution < 1.29 is 8.42 Å². The highest BCUT2D eigenvalue weighted by Gasteiger charge is 2.15. The number of fused-ring (bicyclic) bond motifs is 1. The second-order valence-electron chi connectivity index (χ2n) is 4.56. The van der Waals surface area contributed by atoms with Crippen LogP contribution in [0.15, 0.2) is 65.7 Å². The molecule has 0 aliphatic carbocycles. The Kier molecular flexibility index (Phi) is 3.39. The molecule has 6 heteroatoms. The number of sulfonamides is 1. The van der Waals surface area contributed by atoms with Gasteiger partial charge < -0.3 is 0 Å². The van der Waals surface area contributed by atoms with Crippen LogP contribution in [0.4, 0.5) is 5.69 Å². The smallest absolute Gasteiger partial charge is 0.261 e. The highest BCUT2D eigenvalue weighted by Crippen LogP contribution is 2.23. The van der Waals surface area contributed by atoms with Gasteiger partial charge in [-0.2, -0.15) is 0 Å². The molecule has 2 aromatic carbocycles. The zero-order valence-electron chi connectivity index (χ0n) is 11.0. The lowest BCUT2D eigenvalue weighted by atomic mass is 9.97. The molecular formula is C15H11BN2O2S. The van der Waals surface area contributed by atoms with E-state index < -0.39 is 10.0 Å². The molecule has 0 aliphatic rings. The monoisotopic (exact) mass is 294 g/mol. The SMILES string of the molecule is [B]c1ccc(S(=O)(=O)Nc2cccc3cccnc23)cc1. The molecule has 102 valence electrons. The van der Waals surface area contributed by atoms with Crippen LogP contribution in [0.25, 0.3) is 10.9 Å². The lowest BCUT2D eigenvalue weighted by molar-refractivity contribution is 0.601. The van der Waals surface area contributed by atoms with E-state index >= 15 is 0 Å². The molecule has 4 nitrogen and oxygen atoms in total. The molecule has 0 unspecified atom stereocenters. The van der Waals surface area contributed by atoms with E-state index in [4.69, 9.17) is 7.85 Å². The lowest BCUT2D eigenvalue weighted by Crippen LogP contribution is -2.14. The molecular weight excluding hydrogens is 283 g/mol. The molecule has 0 saturated heterocycles. The van der Waals surface area contributed by atoms with E-state index in [9.17, 15) is 8.42 Å². The quantitative estimate of drug-likeness (QED) is 0.750. The minimum absolute atomic E-state index is 0.157. The fourth-order valence-corrected chi connectivity index (χ4v) is 3.10. The number of pyridine rings is 1. The van der Waals surface area contributed by atoms with E-state index in [-0.39, 0.29) is 4.90 Å². The summed E-state index contributed by atoms with van der Waals surface area (Å²) < 4.78 is 27.3. The van der Waals surface area contributed by atoms with Crippen LogP contribution in [0, 0.1) is 0 Å². The zero-order valence-corrected chi connectivity index (χ0v) is 11.8. The summed E-state index contributed by atoms with van der Waals surface area (Å²) in [5.74, 6) is 0. The fraction of sp³-hybridized carbons (Fsp3) is 0. The first-order valence-corrected chi connectivity index (χ1v) is 7.77. The molecule has 3 aromatic rings. The molecule has 0 spiro atoms. The van der Waals surface area contributed by atoms with Gasteiger partial charge in [0.25, 0.3) is 10.0 Å². The summed E-state index contributed by atoms with van der Waals surface area (Å²) in [6.07, 6.45) is 1.63. The van der Waals surface area contributed by atoms with E-state index in [0.717, 1.165) is 5.39 Å². The Morgan fingerprint density at radius 2 is 1.67 bits per heavy atom. The molecule has 21 heavy (non-hydrogen) atoms. The molecule has 0 amide bonds. The molecule has 0 bridgehead atoms. The highest BCUT2D eigenvalue weighted by atomic mass is 32.2. The number of hydrogen-bond donors (Lipinski definition) is 1. The van der Waals surface area contributed by atoms with Gasteiger partial charge in [0.2, 0.25) is 0 Å². The molecule has 1 heterocycles. The third-order valence-corrected chi connectivity index (χ3v) is 4.45. The molecule has 0 saturated carbocycles. The number of para-hydroxylation sites is 1. The number of anilines is 1. The van der Waals surface area contributed by atoms with Crippen molar-refractivity contribution in [1.29, 1.82) is 0 Å².